The fraction of sp³-hybridized carbons (Fsp3) is 0.214. The molecular formula is C14H14ClN3O2S. The van der Waals surface area contributed by atoms with Gasteiger partial charge >= 0.3 is 0 Å². The molecule has 110 valence electrons. The number of nitrogens with zero attached hydrogens (tertiary/aromatic N) is 1. The quantitative estimate of drug-likeness (QED) is 0.886. The fourth-order valence-electron chi connectivity index (χ4n) is 1.60. The number of halogens is 1. The third-order valence-electron chi connectivity index (χ3n) is 2.77. The van der Waals surface area contributed by atoms with Gasteiger partial charge in [0.15, 0.2) is 0 Å². The third-order valence-corrected chi connectivity index (χ3v) is 3.66. The number of benzene rings is 1. The highest BCUT2D eigenvalue weighted by Crippen LogP contribution is 2.09. The predicted molar refractivity (Wildman–Crippen MR) is 82.3 cm³/mol. The molecule has 1 aromatic carbocycles. The van der Waals surface area contributed by atoms with E-state index in [1.165, 1.54) is 11.3 Å². The first-order chi connectivity index (χ1) is 10.1. The minimum atomic E-state index is -0.633. The van der Waals surface area contributed by atoms with E-state index in [1.54, 1.807) is 36.7 Å². The van der Waals surface area contributed by atoms with Crippen LogP contribution in [0.4, 0.5) is 0 Å². The summed E-state index contributed by atoms with van der Waals surface area (Å²) in [5.74, 6) is -0.576. The minimum absolute atomic E-state index is 0.259. The van der Waals surface area contributed by atoms with Crippen molar-refractivity contribution in [2.75, 3.05) is 0 Å². The monoisotopic (exact) mass is 323 g/mol. The van der Waals surface area contributed by atoms with E-state index in [9.17, 15) is 9.59 Å². The molecule has 0 bridgehead atoms. The lowest BCUT2D eigenvalue weighted by Gasteiger charge is -2.13. The first-order valence-electron chi connectivity index (χ1n) is 6.27. The van der Waals surface area contributed by atoms with Crippen LogP contribution in [-0.4, -0.2) is 22.8 Å². The number of carbonyl (C=O) groups is 2. The van der Waals surface area contributed by atoms with Gasteiger partial charge in [-0.15, -0.1) is 11.3 Å². The summed E-state index contributed by atoms with van der Waals surface area (Å²) in [4.78, 5) is 27.9. The Hall–Kier alpha value is -1.92. The Balaban J connectivity index is 1.85. The lowest BCUT2D eigenvalue weighted by molar-refractivity contribution is -0.122. The molecule has 1 atom stereocenters. The number of amides is 2. The van der Waals surface area contributed by atoms with E-state index in [0.717, 1.165) is 5.69 Å². The molecule has 0 aliphatic carbocycles. The van der Waals surface area contributed by atoms with E-state index < -0.39 is 6.04 Å². The lowest BCUT2D eigenvalue weighted by atomic mass is 10.2. The Kier molecular flexibility index (Phi) is 5.30. The summed E-state index contributed by atoms with van der Waals surface area (Å²) >= 11 is 7.23. The van der Waals surface area contributed by atoms with Crippen molar-refractivity contribution in [2.45, 2.75) is 19.5 Å². The van der Waals surface area contributed by atoms with Crippen molar-refractivity contribution >= 4 is 34.8 Å². The Morgan fingerprint density at radius 2 is 2.05 bits per heavy atom. The lowest BCUT2D eigenvalue weighted by Crippen LogP contribution is -2.44. The van der Waals surface area contributed by atoms with Crippen molar-refractivity contribution in [2.24, 2.45) is 0 Å². The summed E-state index contributed by atoms with van der Waals surface area (Å²) in [5, 5.41) is 7.77. The summed E-state index contributed by atoms with van der Waals surface area (Å²) in [6, 6.07) is 5.84. The summed E-state index contributed by atoms with van der Waals surface area (Å²) in [6.45, 7) is 1.98. The van der Waals surface area contributed by atoms with Gasteiger partial charge in [-0.3, -0.25) is 9.59 Å². The summed E-state index contributed by atoms with van der Waals surface area (Å²) < 4.78 is 0. The number of thiazole rings is 1. The van der Waals surface area contributed by atoms with Gasteiger partial charge in [0.2, 0.25) is 5.91 Å². The first-order valence-corrected chi connectivity index (χ1v) is 7.59. The number of rotatable bonds is 5. The van der Waals surface area contributed by atoms with Crippen LogP contribution in [0, 0.1) is 0 Å². The van der Waals surface area contributed by atoms with E-state index in [-0.39, 0.29) is 11.8 Å². The van der Waals surface area contributed by atoms with Gasteiger partial charge in [-0.1, -0.05) is 11.6 Å². The molecule has 2 rings (SSSR count). The molecule has 1 aromatic heterocycles. The predicted octanol–water partition coefficient (Wildman–Crippen LogP) is 2.23. The molecule has 2 aromatic rings. The number of hydrogen-bond acceptors (Lipinski definition) is 4. The second-order valence-electron chi connectivity index (χ2n) is 4.40. The van der Waals surface area contributed by atoms with Gasteiger partial charge in [0.25, 0.3) is 5.91 Å². The van der Waals surface area contributed by atoms with Gasteiger partial charge in [0.05, 0.1) is 17.7 Å². The van der Waals surface area contributed by atoms with Crippen LogP contribution in [0.5, 0.6) is 0 Å². The standard InChI is InChI=1S/C14H14ClN3O2S/c1-9(13(19)16-6-12-7-21-8-17-12)18-14(20)10-2-4-11(15)5-3-10/h2-5,7-9H,6H2,1H3,(H,16,19)(H,18,20). The highest BCUT2D eigenvalue weighted by Gasteiger charge is 2.16. The van der Waals surface area contributed by atoms with Crippen LogP contribution in [0.1, 0.15) is 23.0 Å². The molecule has 21 heavy (non-hydrogen) atoms. The molecule has 2 amide bonds. The highest BCUT2D eigenvalue weighted by molar-refractivity contribution is 7.07. The summed E-state index contributed by atoms with van der Waals surface area (Å²) in [7, 11) is 0. The van der Waals surface area contributed by atoms with Gasteiger partial charge in [0, 0.05) is 16.0 Å². The van der Waals surface area contributed by atoms with Gasteiger partial charge < -0.3 is 10.6 Å². The summed E-state index contributed by atoms with van der Waals surface area (Å²) in [6.07, 6.45) is 0. The van der Waals surface area contributed by atoms with Crippen molar-refractivity contribution in [3.63, 3.8) is 0 Å². The Morgan fingerprint density at radius 1 is 1.33 bits per heavy atom. The third kappa shape index (κ3) is 4.54. The van der Waals surface area contributed by atoms with Crippen LogP contribution in [-0.2, 0) is 11.3 Å². The summed E-state index contributed by atoms with van der Waals surface area (Å²) in [5.41, 5.74) is 2.95. The Labute approximate surface area is 131 Å². The molecule has 0 aliphatic rings. The van der Waals surface area contributed by atoms with E-state index in [4.69, 9.17) is 11.6 Å². The van der Waals surface area contributed by atoms with Crippen LogP contribution in [0.25, 0.3) is 0 Å². The maximum atomic E-state index is 12.0. The van der Waals surface area contributed by atoms with Crippen molar-refractivity contribution in [1.82, 2.24) is 15.6 Å². The normalized spacial score (nSPS) is 11.7. The smallest absolute Gasteiger partial charge is 0.251 e. The van der Waals surface area contributed by atoms with Crippen molar-refractivity contribution in [3.05, 3.63) is 51.4 Å². The molecule has 0 fully saturated rings. The average molecular weight is 324 g/mol. The number of carbonyl (C=O) groups excluding carboxylic acids is 2. The molecule has 1 heterocycles. The second-order valence-corrected chi connectivity index (χ2v) is 5.55. The van der Waals surface area contributed by atoms with Crippen molar-refractivity contribution in [1.29, 1.82) is 0 Å². The molecule has 0 aliphatic heterocycles. The van der Waals surface area contributed by atoms with Gasteiger partial charge in [-0.2, -0.15) is 0 Å². The highest BCUT2D eigenvalue weighted by atomic mass is 35.5. The molecular weight excluding hydrogens is 310 g/mol. The maximum absolute atomic E-state index is 12.0. The van der Waals surface area contributed by atoms with E-state index in [2.05, 4.69) is 15.6 Å². The van der Waals surface area contributed by atoms with Crippen LogP contribution < -0.4 is 10.6 Å². The van der Waals surface area contributed by atoms with Gasteiger partial charge in [-0.25, -0.2) is 4.98 Å². The number of hydrogen-bond donors (Lipinski definition) is 2. The van der Waals surface area contributed by atoms with E-state index in [0.29, 0.717) is 17.1 Å². The zero-order valence-corrected chi connectivity index (χ0v) is 12.9. The number of nitrogens with one attached hydrogen (secondary N) is 2. The first kappa shape index (κ1) is 15.5. The molecule has 1 unspecified atom stereocenters. The van der Waals surface area contributed by atoms with Crippen molar-refractivity contribution in [3.8, 4) is 0 Å². The molecule has 2 N–H and O–H groups in total. The van der Waals surface area contributed by atoms with E-state index in [1.807, 2.05) is 5.38 Å². The number of aromatic nitrogens is 1. The maximum Gasteiger partial charge on any atom is 0.251 e. The van der Waals surface area contributed by atoms with Gasteiger partial charge in [-0.05, 0) is 31.2 Å². The molecule has 0 spiro atoms. The topological polar surface area (TPSA) is 71.1 Å². The van der Waals surface area contributed by atoms with Crippen LogP contribution >= 0.6 is 22.9 Å². The minimum Gasteiger partial charge on any atom is -0.349 e. The van der Waals surface area contributed by atoms with Crippen LogP contribution in [0.15, 0.2) is 35.2 Å². The molecule has 0 saturated carbocycles. The molecule has 7 heteroatoms. The molecule has 0 radical (unpaired) electrons. The fourth-order valence-corrected chi connectivity index (χ4v) is 2.29. The largest absolute Gasteiger partial charge is 0.349 e. The zero-order valence-electron chi connectivity index (χ0n) is 11.3. The Morgan fingerprint density at radius 3 is 2.67 bits per heavy atom. The zero-order chi connectivity index (χ0) is 15.2. The Bertz CT molecular complexity index is 614. The molecule has 5 nitrogen and oxygen atoms in total. The van der Waals surface area contributed by atoms with Gasteiger partial charge in [0.1, 0.15) is 6.04 Å². The van der Waals surface area contributed by atoms with Crippen LogP contribution in [0.2, 0.25) is 5.02 Å². The van der Waals surface area contributed by atoms with Crippen LogP contribution in [0.3, 0.4) is 0 Å². The molecule has 0 saturated heterocycles. The second kappa shape index (κ2) is 7.19. The average Bonchev–Trinajstić information content (AvgIpc) is 2.98. The van der Waals surface area contributed by atoms with E-state index >= 15 is 0 Å². The van der Waals surface area contributed by atoms with Crippen molar-refractivity contribution < 1.29 is 9.59 Å². The SMILES string of the molecule is CC(NC(=O)c1ccc(Cl)cc1)C(=O)NCc1cscn1.